The van der Waals surface area contributed by atoms with Crippen molar-refractivity contribution in [3.8, 4) is 6.07 Å². The summed E-state index contributed by atoms with van der Waals surface area (Å²) in [7, 11) is 0. The van der Waals surface area contributed by atoms with Gasteiger partial charge in [-0.2, -0.15) is 5.26 Å². The topological polar surface area (TPSA) is 53.0 Å². The van der Waals surface area contributed by atoms with Gasteiger partial charge in [-0.1, -0.05) is 11.6 Å². The summed E-state index contributed by atoms with van der Waals surface area (Å²) in [4.78, 5) is 2.25. The molecule has 1 aromatic rings. The fourth-order valence-electron chi connectivity index (χ4n) is 2.27. The van der Waals surface area contributed by atoms with Gasteiger partial charge in [-0.3, -0.25) is 0 Å². The smallest absolute Gasteiger partial charge is 0.0992 e. The standard InChI is InChI=1S/C13H16ClN3/c1-9(16)11-4-5-17(8-11)13-3-2-10(7-15)6-12(13)14/h2-3,6,9,11H,4-5,8,16H2,1H3. The van der Waals surface area contributed by atoms with Gasteiger partial charge in [0.25, 0.3) is 0 Å². The van der Waals surface area contributed by atoms with E-state index in [4.69, 9.17) is 22.6 Å². The summed E-state index contributed by atoms with van der Waals surface area (Å²) in [6.07, 6.45) is 1.11. The molecule has 1 aliphatic rings. The first-order valence-corrected chi connectivity index (χ1v) is 6.20. The zero-order valence-electron chi connectivity index (χ0n) is 9.86. The van der Waals surface area contributed by atoms with Gasteiger partial charge in [0.05, 0.1) is 22.3 Å². The number of halogens is 1. The van der Waals surface area contributed by atoms with Crippen LogP contribution in [0.25, 0.3) is 0 Å². The monoisotopic (exact) mass is 249 g/mol. The number of hydrogen-bond donors (Lipinski definition) is 1. The molecule has 2 atom stereocenters. The van der Waals surface area contributed by atoms with Crippen molar-refractivity contribution in [2.75, 3.05) is 18.0 Å². The lowest BCUT2D eigenvalue weighted by atomic mass is 10.0. The van der Waals surface area contributed by atoms with E-state index in [2.05, 4.69) is 17.9 Å². The number of nitrogens with zero attached hydrogens (tertiary/aromatic N) is 2. The van der Waals surface area contributed by atoms with E-state index in [9.17, 15) is 0 Å². The van der Waals surface area contributed by atoms with Gasteiger partial charge in [0.15, 0.2) is 0 Å². The molecule has 0 aromatic heterocycles. The number of hydrogen-bond acceptors (Lipinski definition) is 3. The summed E-state index contributed by atoms with van der Waals surface area (Å²) >= 11 is 6.19. The normalized spacial score (nSPS) is 21.3. The van der Waals surface area contributed by atoms with Gasteiger partial charge in [0.2, 0.25) is 0 Å². The molecule has 3 nitrogen and oxygen atoms in total. The van der Waals surface area contributed by atoms with Crippen molar-refractivity contribution in [1.29, 1.82) is 5.26 Å². The maximum atomic E-state index is 8.79. The summed E-state index contributed by atoms with van der Waals surface area (Å²) in [6.45, 7) is 3.98. The molecule has 1 aromatic carbocycles. The fourth-order valence-corrected chi connectivity index (χ4v) is 2.57. The molecule has 1 aliphatic heterocycles. The Morgan fingerprint density at radius 2 is 2.35 bits per heavy atom. The van der Waals surface area contributed by atoms with Crippen LogP contribution in [0.1, 0.15) is 18.9 Å². The Labute approximate surface area is 107 Å². The summed E-state index contributed by atoms with van der Waals surface area (Å²) in [5.41, 5.74) is 7.53. The van der Waals surface area contributed by atoms with Crippen molar-refractivity contribution in [2.24, 2.45) is 11.7 Å². The van der Waals surface area contributed by atoms with E-state index in [0.29, 0.717) is 16.5 Å². The average molecular weight is 250 g/mol. The Morgan fingerprint density at radius 1 is 1.59 bits per heavy atom. The van der Waals surface area contributed by atoms with Crippen LogP contribution >= 0.6 is 11.6 Å². The Kier molecular flexibility index (Phi) is 3.56. The first kappa shape index (κ1) is 12.2. The van der Waals surface area contributed by atoms with Gasteiger partial charge in [-0.25, -0.2) is 0 Å². The van der Waals surface area contributed by atoms with E-state index in [-0.39, 0.29) is 6.04 Å². The quantitative estimate of drug-likeness (QED) is 0.876. The fraction of sp³-hybridized carbons (Fsp3) is 0.462. The second-order valence-electron chi connectivity index (χ2n) is 4.63. The third kappa shape index (κ3) is 2.54. The average Bonchev–Trinajstić information content (AvgIpc) is 2.78. The van der Waals surface area contributed by atoms with Crippen LogP contribution < -0.4 is 10.6 Å². The lowest BCUT2D eigenvalue weighted by Crippen LogP contribution is -2.29. The second kappa shape index (κ2) is 4.95. The molecular formula is C13H16ClN3. The highest BCUT2D eigenvalue weighted by Crippen LogP contribution is 2.31. The number of nitrogens with two attached hydrogens (primary N) is 1. The van der Waals surface area contributed by atoms with E-state index in [1.165, 1.54) is 0 Å². The van der Waals surface area contributed by atoms with Gasteiger partial charge in [-0.05, 0) is 37.5 Å². The van der Waals surface area contributed by atoms with E-state index >= 15 is 0 Å². The molecule has 2 N–H and O–H groups in total. The molecule has 2 rings (SSSR count). The predicted molar refractivity (Wildman–Crippen MR) is 70.1 cm³/mol. The zero-order chi connectivity index (χ0) is 12.4. The second-order valence-corrected chi connectivity index (χ2v) is 5.04. The Bertz CT molecular complexity index is 450. The minimum atomic E-state index is 0.220. The van der Waals surface area contributed by atoms with Gasteiger partial charge >= 0.3 is 0 Å². The minimum absolute atomic E-state index is 0.220. The molecule has 0 saturated carbocycles. The SMILES string of the molecule is CC(N)C1CCN(c2ccc(C#N)cc2Cl)C1. The Morgan fingerprint density at radius 3 is 2.88 bits per heavy atom. The van der Waals surface area contributed by atoms with E-state index in [1.807, 2.05) is 6.07 Å². The van der Waals surface area contributed by atoms with Crippen LogP contribution in [0.4, 0.5) is 5.69 Å². The first-order valence-electron chi connectivity index (χ1n) is 5.82. The van der Waals surface area contributed by atoms with Crippen molar-refractivity contribution < 1.29 is 0 Å². The van der Waals surface area contributed by atoms with Gasteiger partial charge in [-0.15, -0.1) is 0 Å². The van der Waals surface area contributed by atoms with Gasteiger partial charge in [0, 0.05) is 19.1 Å². The van der Waals surface area contributed by atoms with Crippen molar-refractivity contribution in [1.82, 2.24) is 0 Å². The summed E-state index contributed by atoms with van der Waals surface area (Å²) in [5.74, 6) is 0.529. The summed E-state index contributed by atoms with van der Waals surface area (Å²) in [6, 6.07) is 7.75. The van der Waals surface area contributed by atoms with Crippen molar-refractivity contribution in [3.05, 3.63) is 28.8 Å². The highest BCUT2D eigenvalue weighted by atomic mass is 35.5. The van der Waals surface area contributed by atoms with Crippen molar-refractivity contribution in [3.63, 3.8) is 0 Å². The molecule has 17 heavy (non-hydrogen) atoms. The van der Waals surface area contributed by atoms with E-state index in [1.54, 1.807) is 12.1 Å². The zero-order valence-corrected chi connectivity index (χ0v) is 10.6. The summed E-state index contributed by atoms with van der Waals surface area (Å²) < 4.78 is 0. The number of anilines is 1. The lowest BCUT2D eigenvalue weighted by molar-refractivity contribution is 0.488. The molecule has 0 amide bonds. The minimum Gasteiger partial charge on any atom is -0.370 e. The molecular weight excluding hydrogens is 234 g/mol. The van der Waals surface area contributed by atoms with Crippen LogP contribution in [0.15, 0.2) is 18.2 Å². The molecule has 2 unspecified atom stereocenters. The number of rotatable bonds is 2. The molecule has 1 fully saturated rings. The van der Waals surface area contributed by atoms with E-state index < -0.39 is 0 Å². The molecule has 0 aliphatic carbocycles. The molecule has 0 spiro atoms. The van der Waals surface area contributed by atoms with Crippen LogP contribution in [-0.2, 0) is 0 Å². The third-order valence-corrected chi connectivity index (χ3v) is 3.69. The molecule has 1 saturated heterocycles. The largest absolute Gasteiger partial charge is 0.370 e. The third-order valence-electron chi connectivity index (χ3n) is 3.39. The molecule has 0 bridgehead atoms. The molecule has 90 valence electrons. The Balaban J connectivity index is 2.17. The van der Waals surface area contributed by atoms with Gasteiger partial charge < -0.3 is 10.6 Å². The van der Waals surface area contributed by atoms with E-state index in [0.717, 1.165) is 25.2 Å². The van der Waals surface area contributed by atoms with Crippen LogP contribution in [-0.4, -0.2) is 19.1 Å². The molecule has 0 radical (unpaired) electrons. The Hall–Kier alpha value is -1.24. The number of benzene rings is 1. The highest BCUT2D eigenvalue weighted by Gasteiger charge is 2.26. The molecule has 1 heterocycles. The number of nitriles is 1. The van der Waals surface area contributed by atoms with Crippen LogP contribution in [0.2, 0.25) is 5.02 Å². The lowest BCUT2D eigenvalue weighted by Gasteiger charge is -2.21. The molecule has 4 heteroatoms. The maximum Gasteiger partial charge on any atom is 0.0992 e. The maximum absolute atomic E-state index is 8.79. The van der Waals surface area contributed by atoms with Crippen molar-refractivity contribution in [2.45, 2.75) is 19.4 Å². The van der Waals surface area contributed by atoms with Crippen LogP contribution in [0.3, 0.4) is 0 Å². The summed E-state index contributed by atoms with van der Waals surface area (Å²) in [5, 5.41) is 9.44. The highest BCUT2D eigenvalue weighted by molar-refractivity contribution is 6.33. The predicted octanol–water partition coefficient (Wildman–Crippen LogP) is 2.39. The van der Waals surface area contributed by atoms with Crippen LogP contribution in [0.5, 0.6) is 0 Å². The van der Waals surface area contributed by atoms with Crippen molar-refractivity contribution >= 4 is 17.3 Å². The van der Waals surface area contributed by atoms with Crippen LogP contribution in [0, 0.1) is 17.2 Å². The van der Waals surface area contributed by atoms with Gasteiger partial charge in [0.1, 0.15) is 0 Å². The first-order chi connectivity index (χ1) is 8.11.